The summed E-state index contributed by atoms with van der Waals surface area (Å²) in [6, 6.07) is 12.1. The van der Waals surface area contributed by atoms with Crippen LogP contribution in [0.15, 0.2) is 42.6 Å². The van der Waals surface area contributed by atoms with E-state index in [9.17, 15) is 0 Å². The second kappa shape index (κ2) is 5.48. The molecule has 0 saturated heterocycles. The highest BCUT2D eigenvalue weighted by Gasteiger charge is 2.19. The molecular formula is C20H21N3. The summed E-state index contributed by atoms with van der Waals surface area (Å²) >= 11 is 0. The molecule has 23 heavy (non-hydrogen) atoms. The average molecular weight is 303 g/mol. The van der Waals surface area contributed by atoms with Gasteiger partial charge >= 0.3 is 0 Å². The highest BCUT2D eigenvalue weighted by Crippen LogP contribution is 2.31. The van der Waals surface area contributed by atoms with Gasteiger partial charge in [-0.05, 0) is 51.5 Å². The second-order valence-electron chi connectivity index (χ2n) is 6.84. The zero-order valence-corrected chi connectivity index (χ0v) is 14.0. The number of pyridine rings is 1. The number of benzene rings is 1. The van der Waals surface area contributed by atoms with E-state index in [2.05, 4.69) is 55.6 Å². The summed E-state index contributed by atoms with van der Waals surface area (Å²) in [4.78, 5) is 4.82. The van der Waals surface area contributed by atoms with Crippen molar-refractivity contribution >= 4 is 11.5 Å². The van der Waals surface area contributed by atoms with Gasteiger partial charge in [0.1, 0.15) is 17.2 Å². The number of aromatic nitrogens is 2. The standard InChI is InChI=1S/C20H21N3/c1-6-15-8-7-9-16(12-15)18-19(22-20(3,4)5)23-13-14(2)10-11-17(23)21-18/h1,7-13,22H,2-5H3. The molecule has 0 amide bonds. The Balaban J connectivity index is 2.26. The number of nitrogens with zero attached hydrogens (tertiary/aromatic N) is 2. The molecule has 0 aliphatic rings. The highest BCUT2D eigenvalue weighted by atomic mass is 15.2. The molecule has 2 aromatic heterocycles. The lowest BCUT2D eigenvalue weighted by Crippen LogP contribution is -2.27. The number of hydrogen-bond donors (Lipinski definition) is 1. The van der Waals surface area contributed by atoms with Crippen molar-refractivity contribution in [3.05, 3.63) is 53.7 Å². The Morgan fingerprint density at radius 3 is 2.65 bits per heavy atom. The number of rotatable bonds is 2. The van der Waals surface area contributed by atoms with Crippen molar-refractivity contribution in [3.63, 3.8) is 0 Å². The van der Waals surface area contributed by atoms with E-state index in [1.807, 2.05) is 30.3 Å². The highest BCUT2D eigenvalue weighted by molar-refractivity contribution is 5.77. The van der Waals surface area contributed by atoms with Crippen molar-refractivity contribution in [3.8, 4) is 23.6 Å². The first-order valence-corrected chi connectivity index (χ1v) is 7.71. The average Bonchev–Trinajstić information content (AvgIpc) is 2.84. The van der Waals surface area contributed by atoms with Gasteiger partial charge in [0.25, 0.3) is 0 Å². The van der Waals surface area contributed by atoms with Gasteiger partial charge in [-0.1, -0.05) is 24.1 Å². The van der Waals surface area contributed by atoms with E-state index < -0.39 is 0 Å². The Kier molecular flexibility index (Phi) is 3.61. The summed E-state index contributed by atoms with van der Waals surface area (Å²) in [5.74, 6) is 3.68. The van der Waals surface area contributed by atoms with Crippen molar-refractivity contribution in [1.82, 2.24) is 9.38 Å². The Labute approximate surface area is 137 Å². The van der Waals surface area contributed by atoms with Gasteiger partial charge in [0.2, 0.25) is 0 Å². The largest absolute Gasteiger partial charge is 0.365 e. The lowest BCUT2D eigenvalue weighted by atomic mass is 10.1. The minimum Gasteiger partial charge on any atom is -0.365 e. The summed E-state index contributed by atoms with van der Waals surface area (Å²) in [6.45, 7) is 8.51. The third-order valence-corrected chi connectivity index (χ3v) is 3.56. The SMILES string of the molecule is C#Cc1cccc(-c2nc3ccc(C)cn3c2NC(C)(C)C)c1. The monoisotopic (exact) mass is 303 g/mol. The topological polar surface area (TPSA) is 29.3 Å². The molecule has 2 heterocycles. The van der Waals surface area contributed by atoms with Crippen LogP contribution in [0.2, 0.25) is 0 Å². The predicted octanol–water partition coefficient (Wildman–Crippen LogP) is 4.50. The fourth-order valence-electron chi connectivity index (χ4n) is 2.58. The van der Waals surface area contributed by atoms with Gasteiger partial charge in [-0.2, -0.15) is 0 Å². The molecule has 116 valence electrons. The van der Waals surface area contributed by atoms with Crippen LogP contribution in [-0.4, -0.2) is 14.9 Å². The molecule has 0 radical (unpaired) electrons. The quantitative estimate of drug-likeness (QED) is 0.706. The molecule has 0 aliphatic heterocycles. The van der Waals surface area contributed by atoms with E-state index in [1.165, 1.54) is 5.56 Å². The fourth-order valence-corrected chi connectivity index (χ4v) is 2.58. The third kappa shape index (κ3) is 3.07. The van der Waals surface area contributed by atoms with E-state index in [-0.39, 0.29) is 5.54 Å². The molecule has 3 nitrogen and oxygen atoms in total. The van der Waals surface area contributed by atoms with Crippen LogP contribution in [-0.2, 0) is 0 Å². The first-order chi connectivity index (χ1) is 10.9. The molecule has 0 unspecified atom stereocenters. The number of nitrogens with one attached hydrogen (secondary N) is 1. The maximum absolute atomic E-state index is 5.54. The molecule has 0 bridgehead atoms. The maximum Gasteiger partial charge on any atom is 0.139 e. The Morgan fingerprint density at radius 2 is 1.96 bits per heavy atom. The number of fused-ring (bicyclic) bond motifs is 1. The van der Waals surface area contributed by atoms with E-state index in [0.717, 1.165) is 28.3 Å². The van der Waals surface area contributed by atoms with Crippen LogP contribution >= 0.6 is 0 Å². The lowest BCUT2D eigenvalue weighted by Gasteiger charge is -2.22. The normalized spacial score (nSPS) is 11.4. The van der Waals surface area contributed by atoms with Gasteiger partial charge in [0.15, 0.2) is 0 Å². The van der Waals surface area contributed by atoms with Crippen molar-refractivity contribution in [2.75, 3.05) is 5.32 Å². The van der Waals surface area contributed by atoms with Crippen molar-refractivity contribution in [1.29, 1.82) is 0 Å². The summed E-state index contributed by atoms with van der Waals surface area (Å²) in [6.07, 6.45) is 7.64. The van der Waals surface area contributed by atoms with Gasteiger partial charge in [-0.25, -0.2) is 4.98 Å². The number of imidazole rings is 1. The molecular weight excluding hydrogens is 282 g/mol. The van der Waals surface area contributed by atoms with Crippen molar-refractivity contribution in [2.24, 2.45) is 0 Å². The maximum atomic E-state index is 5.54. The molecule has 3 rings (SSSR count). The predicted molar refractivity (Wildman–Crippen MR) is 96.7 cm³/mol. The molecule has 0 atom stereocenters. The lowest BCUT2D eigenvalue weighted by molar-refractivity contribution is 0.629. The van der Waals surface area contributed by atoms with Crippen LogP contribution in [0.4, 0.5) is 5.82 Å². The van der Waals surface area contributed by atoms with Crippen LogP contribution in [0, 0.1) is 19.3 Å². The zero-order chi connectivity index (χ0) is 16.6. The van der Waals surface area contributed by atoms with E-state index in [1.54, 1.807) is 0 Å². The molecule has 0 fully saturated rings. The Hall–Kier alpha value is -2.73. The van der Waals surface area contributed by atoms with Gasteiger partial charge in [0, 0.05) is 22.9 Å². The molecule has 0 spiro atoms. The summed E-state index contributed by atoms with van der Waals surface area (Å²) in [5.41, 5.74) is 4.84. The first kappa shape index (κ1) is 15.2. The third-order valence-electron chi connectivity index (χ3n) is 3.56. The van der Waals surface area contributed by atoms with E-state index in [0.29, 0.717) is 0 Å². The van der Waals surface area contributed by atoms with E-state index >= 15 is 0 Å². The number of terminal acetylenes is 1. The van der Waals surface area contributed by atoms with E-state index in [4.69, 9.17) is 11.4 Å². The van der Waals surface area contributed by atoms with Crippen LogP contribution in [0.1, 0.15) is 31.9 Å². The molecule has 3 aromatic rings. The Bertz CT molecular complexity index is 905. The summed E-state index contributed by atoms with van der Waals surface area (Å²) < 4.78 is 2.11. The fraction of sp³-hybridized carbons (Fsp3) is 0.250. The van der Waals surface area contributed by atoms with Gasteiger partial charge in [0.05, 0.1) is 0 Å². The second-order valence-corrected chi connectivity index (χ2v) is 6.84. The molecule has 0 saturated carbocycles. The van der Waals surface area contributed by atoms with Crippen LogP contribution < -0.4 is 5.32 Å². The number of hydrogen-bond acceptors (Lipinski definition) is 2. The Morgan fingerprint density at radius 1 is 1.17 bits per heavy atom. The first-order valence-electron chi connectivity index (χ1n) is 7.71. The summed E-state index contributed by atoms with van der Waals surface area (Å²) in [7, 11) is 0. The van der Waals surface area contributed by atoms with Crippen molar-refractivity contribution < 1.29 is 0 Å². The molecule has 3 heteroatoms. The van der Waals surface area contributed by atoms with Gasteiger partial charge < -0.3 is 5.32 Å². The summed E-state index contributed by atoms with van der Waals surface area (Å²) in [5, 5.41) is 3.58. The molecule has 1 N–H and O–H groups in total. The van der Waals surface area contributed by atoms with Crippen LogP contribution in [0.25, 0.3) is 16.9 Å². The van der Waals surface area contributed by atoms with Gasteiger partial charge in [-0.3, -0.25) is 4.40 Å². The zero-order valence-electron chi connectivity index (χ0n) is 14.0. The van der Waals surface area contributed by atoms with Crippen molar-refractivity contribution in [2.45, 2.75) is 33.2 Å². The van der Waals surface area contributed by atoms with Gasteiger partial charge in [-0.15, -0.1) is 6.42 Å². The smallest absolute Gasteiger partial charge is 0.139 e. The number of aryl methyl sites for hydroxylation is 1. The molecule has 1 aromatic carbocycles. The molecule has 0 aliphatic carbocycles. The van der Waals surface area contributed by atoms with Crippen LogP contribution in [0.3, 0.4) is 0 Å². The number of anilines is 1. The minimum absolute atomic E-state index is 0.0712. The van der Waals surface area contributed by atoms with Crippen LogP contribution in [0.5, 0.6) is 0 Å². The minimum atomic E-state index is -0.0712.